The second-order valence-corrected chi connectivity index (χ2v) is 20.6. The molecule has 2 nitrogen and oxygen atoms in total. The van der Waals surface area contributed by atoms with Crippen LogP contribution in [-0.2, 0) is 9.53 Å². The van der Waals surface area contributed by atoms with E-state index in [4.69, 9.17) is 4.74 Å². The molecule has 0 saturated carbocycles. The van der Waals surface area contributed by atoms with E-state index in [0.717, 1.165) is 0 Å². The Kier molecular flexibility index (Phi) is 4.59. The molecule has 72 valence electrons. The standard InChI is InChI=1S/C6H11O2.3CH3.Sn/c1-4-5(2)6(7)8-3;;;;/h4-5H,1-3H3;3*1H3;. The summed E-state index contributed by atoms with van der Waals surface area (Å²) in [5.74, 6) is 0.0138. The van der Waals surface area contributed by atoms with Crippen molar-refractivity contribution in [2.24, 2.45) is 5.92 Å². The van der Waals surface area contributed by atoms with Crippen LogP contribution in [0, 0.1) is 5.92 Å². The maximum atomic E-state index is 11.2. The summed E-state index contributed by atoms with van der Waals surface area (Å²) in [6, 6.07) is 0. The van der Waals surface area contributed by atoms with Crippen LogP contribution in [0.25, 0.3) is 0 Å². The number of hydrogen-bond donors (Lipinski definition) is 0. The van der Waals surface area contributed by atoms with Crippen molar-refractivity contribution in [3.63, 3.8) is 0 Å². The Labute approximate surface area is 79.6 Å². The topological polar surface area (TPSA) is 26.3 Å². The van der Waals surface area contributed by atoms with Gasteiger partial charge in [-0.3, -0.25) is 0 Å². The van der Waals surface area contributed by atoms with Crippen LogP contribution in [0.15, 0.2) is 0 Å². The summed E-state index contributed by atoms with van der Waals surface area (Å²) in [5, 5.41) is 0. The van der Waals surface area contributed by atoms with Gasteiger partial charge in [0.1, 0.15) is 0 Å². The molecule has 0 aromatic carbocycles. The molecule has 2 unspecified atom stereocenters. The number of rotatable bonds is 3. The maximum absolute atomic E-state index is 11.2. The van der Waals surface area contributed by atoms with Gasteiger partial charge in [0, 0.05) is 0 Å². The van der Waals surface area contributed by atoms with E-state index in [1.807, 2.05) is 6.92 Å². The molecule has 3 heteroatoms. The van der Waals surface area contributed by atoms with Crippen LogP contribution in [0.5, 0.6) is 0 Å². The molecule has 12 heavy (non-hydrogen) atoms. The molecule has 0 radical (unpaired) electrons. The molecule has 0 saturated heterocycles. The Morgan fingerprint density at radius 3 is 1.92 bits per heavy atom. The predicted molar refractivity (Wildman–Crippen MR) is 54.0 cm³/mol. The van der Waals surface area contributed by atoms with Gasteiger partial charge in [-0.25, -0.2) is 0 Å². The van der Waals surface area contributed by atoms with Gasteiger partial charge in [0.2, 0.25) is 0 Å². The number of ether oxygens (including phenoxy) is 1. The zero-order valence-electron chi connectivity index (χ0n) is 8.97. The Hall–Kier alpha value is 0.269. The van der Waals surface area contributed by atoms with E-state index in [-0.39, 0.29) is 11.9 Å². The van der Waals surface area contributed by atoms with Crippen molar-refractivity contribution in [1.29, 1.82) is 0 Å². The monoisotopic (exact) mass is 280 g/mol. The molecular weight excluding hydrogens is 259 g/mol. The van der Waals surface area contributed by atoms with Gasteiger partial charge in [-0.15, -0.1) is 0 Å². The average molecular weight is 279 g/mol. The van der Waals surface area contributed by atoms with Crippen molar-refractivity contribution >= 4 is 24.3 Å². The molecule has 0 rings (SSSR count). The third kappa shape index (κ3) is 3.33. The van der Waals surface area contributed by atoms with E-state index in [1.54, 1.807) is 0 Å². The first kappa shape index (κ1) is 12.3. The van der Waals surface area contributed by atoms with E-state index in [2.05, 4.69) is 21.7 Å². The Balaban J connectivity index is 4.29. The second-order valence-electron chi connectivity index (χ2n) is 4.47. The Morgan fingerprint density at radius 1 is 1.25 bits per heavy atom. The molecule has 0 bridgehead atoms. The van der Waals surface area contributed by atoms with Gasteiger partial charge in [-0.2, -0.15) is 0 Å². The minimum absolute atomic E-state index is 0.0610. The molecule has 0 heterocycles. The number of hydrogen-bond acceptors (Lipinski definition) is 2. The van der Waals surface area contributed by atoms with E-state index >= 15 is 0 Å². The van der Waals surface area contributed by atoms with Gasteiger partial charge in [0.05, 0.1) is 0 Å². The van der Waals surface area contributed by atoms with Crippen LogP contribution in [0.3, 0.4) is 0 Å². The quantitative estimate of drug-likeness (QED) is 0.586. The van der Waals surface area contributed by atoms with Crippen LogP contribution in [0.2, 0.25) is 18.8 Å². The first-order valence-corrected chi connectivity index (χ1v) is 14.6. The van der Waals surface area contributed by atoms with E-state index < -0.39 is 18.4 Å². The fourth-order valence-electron chi connectivity index (χ4n) is 1.14. The van der Waals surface area contributed by atoms with Gasteiger partial charge in [0.15, 0.2) is 0 Å². The summed E-state index contributed by atoms with van der Waals surface area (Å²) in [4.78, 5) is 18.2. The summed E-state index contributed by atoms with van der Waals surface area (Å²) in [6.45, 7) is 4.15. The summed E-state index contributed by atoms with van der Waals surface area (Å²) < 4.78 is 5.27. The molecule has 0 fully saturated rings. The van der Waals surface area contributed by atoms with Crippen LogP contribution < -0.4 is 0 Å². The Morgan fingerprint density at radius 2 is 1.67 bits per heavy atom. The zero-order valence-corrected chi connectivity index (χ0v) is 11.8. The molecule has 2 atom stereocenters. The van der Waals surface area contributed by atoms with Crippen LogP contribution in [-0.4, -0.2) is 31.5 Å². The normalized spacial score (nSPS) is 16.8. The molecule has 0 aliphatic heterocycles. The fraction of sp³-hybridized carbons (Fsp3) is 0.889. The Bertz CT molecular complexity index is 160. The summed E-state index contributed by atoms with van der Waals surface area (Å²) in [6.07, 6.45) is 0. The van der Waals surface area contributed by atoms with Crippen LogP contribution in [0.4, 0.5) is 0 Å². The van der Waals surface area contributed by atoms with E-state index in [0.29, 0.717) is 3.93 Å². The number of methoxy groups -OCH3 is 1. The molecular formula is C9H20O2Sn. The van der Waals surface area contributed by atoms with Crippen molar-refractivity contribution < 1.29 is 9.53 Å². The fourth-order valence-corrected chi connectivity index (χ4v) is 5.81. The van der Waals surface area contributed by atoms with Gasteiger partial charge in [-0.1, -0.05) is 0 Å². The first-order valence-electron chi connectivity index (χ1n) is 4.38. The van der Waals surface area contributed by atoms with E-state index in [9.17, 15) is 4.79 Å². The average Bonchev–Trinajstić information content (AvgIpc) is 1.98. The number of carbonyl (C=O) groups is 1. The van der Waals surface area contributed by atoms with E-state index in [1.165, 1.54) is 7.11 Å². The van der Waals surface area contributed by atoms with Gasteiger partial charge in [-0.05, 0) is 0 Å². The molecule has 0 spiro atoms. The molecule has 0 aliphatic rings. The SMILES string of the molecule is COC(=O)C(C)[CH](C)[Sn]([CH3])([CH3])[CH3]. The molecule has 0 amide bonds. The number of carbonyl (C=O) groups excluding carboxylic acids is 1. The first-order chi connectivity index (χ1) is 5.30. The number of esters is 1. The van der Waals surface area contributed by atoms with Crippen LogP contribution in [0.1, 0.15) is 13.8 Å². The molecule has 0 aromatic rings. The zero-order chi connectivity index (χ0) is 9.94. The van der Waals surface area contributed by atoms with Gasteiger partial charge < -0.3 is 0 Å². The van der Waals surface area contributed by atoms with Crippen molar-refractivity contribution in [3.8, 4) is 0 Å². The molecule has 0 aliphatic carbocycles. The van der Waals surface area contributed by atoms with Crippen molar-refractivity contribution in [1.82, 2.24) is 0 Å². The molecule has 0 N–H and O–H groups in total. The van der Waals surface area contributed by atoms with Crippen molar-refractivity contribution in [2.45, 2.75) is 32.6 Å². The van der Waals surface area contributed by atoms with Crippen molar-refractivity contribution in [3.05, 3.63) is 0 Å². The predicted octanol–water partition coefficient (Wildman–Crippen LogP) is 2.52. The summed E-state index contributed by atoms with van der Waals surface area (Å²) in [7, 11) is 1.46. The van der Waals surface area contributed by atoms with Gasteiger partial charge >= 0.3 is 79.5 Å². The summed E-state index contributed by atoms with van der Waals surface area (Å²) in [5.41, 5.74) is 0. The van der Waals surface area contributed by atoms with Crippen LogP contribution >= 0.6 is 0 Å². The third-order valence-corrected chi connectivity index (χ3v) is 11.9. The minimum atomic E-state index is -1.90. The second kappa shape index (κ2) is 4.49. The third-order valence-electron chi connectivity index (χ3n) is 2.69. The molecule has 0 aromatic heterocycles. The van der Waals surface area contributed by atoms with Gasteiger partial charge in [0.25, 0.3) is 0 Å². The summed E-state index contributed by atoms with van der Waals surface area (Å²) >= 11 is -1.90. The van der Waals surface area contributed by atoms with Crippen molar-refractivity contribution in [2.75, 3.05) is 7.11 Å².